The maximum absolute atomic E-state index is 13.1. The number of sulfone groups is 2. The lowest BCUT2D eigenvalue weighted by atomic mass is 10.0. The second-order valence-corrected chi connectivity index (χ2v) is 12.2. The summed E-state index contributed by atoms with van der Waals surface area (Å²) >= 11 is 6.13. The molecule has 1 aromatic carbocycles. The van der Waals surface area contributed by atoms with Crippen LogP contribution in [0.1, 0.15) is 30.7 Å². The first-order chi connectivity index (χ1) is 13.6. The lowest BCUT2D eigenvalue weighted by Crippen LogP contribution is -2.36. The molecule has 3 rings (SSSR count). The first-order valence-electron chi connectivity index (χ1n) is 8.54. The van der Waals surface area contributed by atoms with Crippen LogP contribution in [0, 0.1) is 0 Å². The van der Waals surface area contributed by atoms with Gasteiger partial charge in [-0.15, -0.1) is 0 Å². The molecule has 30 heavy (non-hydrogen) atoms. The predicted molar refractivity (Wildman–Crippen MR) is 103 cm³/mol. The van der Waals surface area contributed by atoms with Gasteiger partial charge in [-0.2, -0.15) is 13.2 Å². The summed E-state index contributed by atoms with van der Waals surface area (Å²) in [6.07, 6.45) is -3.57. The number of benzene rings is 1. The first-order valence-corrected chi connectivity index (χ1v) is 12.3. The zero-order valence-electron chi connectivity index (χ0n) is 15.8. The number of nitrogens with zero attached hydrogens (tertiary/aromatic N) is 1. The molecule has 6 nitrogen and oxygen atoms in total. The van der Waals surface area contributed by atoms with Gasteiger partial charge in [0.1, 0.15) is 10.9 Å². The van der Waals surface area contributed by atoms with E-state index >= 15 is 0 Å². The Morgan fingerprint density at radius 1 is 1.17 bits per heavy atom. The fraction of sp³-hybridized carbons (Fsp3) is 0.389. The topological polar surface area (TPSA) is 90.4 Å². The molecule has 0 spiro atoms. The SMILES string of the molecule is CC1(S(=O)(=O)c2cccc(C(F)(F)F)c2)COC(c2ncc(S(C)(=O)=O)cc2Cl)C1. The van der Waals surface area contributed by atoms with Crippen LogP contribution in [-0.4, -0.2) is 39.4 Å². The third kappa shape index (κ3) is 4.20. The number of aromatic nitrogens is 1. The molecule has 2 aromatic rings. The molecule has 0 aliphatic carbocycles. The average molecular weight is 484 g/mol. The highest BCUT2D eigenvalue weighted by Gasteiger charge is 2.49. The number of halogens is 4. The van der Waals surface area contributed by atoms with Gasteiger partial charge in [-0.1, -0.05) is 17.7 Å². The Labute approximate surface area is 176 Å². The summed E-state index contributed by atoms with van der Waals surface area (Å²) in [4.78, 5) is 3.45. The summed E-state index contributed by atoms with van der Waals surface area (Å²) in [6, 6.07) is 4.73. The van der Waals surface area contributed by atoms with Crippen molar-refractivity contribution in [3.63, 3.8) is 0 Å². The van der Waals surface area contributed by atoms with Gasteiger partial charge in [0.05, 0.1) is 32.7 Å². The van der Waals surface area contributed by atoms with Crippen LogP contribution >= 0.6 is 11.6 Å². The van der Waals surface area contributed by atoms with Crippen LogP contribution in [0.5, 0.6) is 0 Å². The monoisotopic (exact) mass is 483 g/mol. The lowest BCUT2D eigenvalue weighted by molar-refractivity contribution is -0.137. The fourth-order valence-corrected chi connectivity index (χ4v) is 5.78. The first kappa shape index (κ1) is 23.0. The Balaban J connectivity index is 1.93. The molecule has 0 saturated carbocycles. The highest BCUT2D eigenvalue weighted by molar-refractivity contribution is 7.93. The minimum absolute atomic E-state index is 0.0105. The van der Waals surface area contributed by atoms with Crippen LogP contribution in [0.25, 0.3) is 0 Å². The van der Waals surface area contributed by atoms with Crippen molar-refractivity contribution in [1.29, 1.82) is 0 Å². The molecule has 1 fully saturated rings. The molecule has 2 heterocycles. The third-order valence-corrected chi connectivity index (χ3v) is 8.74. The number of rotatable bonds is 4. The molecule has 1 aromatic heterocycles. The molecule has 1 aliphatic rings. The van der Waals surface area contributed by atoms with E-state index in [0.29, 0.717) is 6.07 Å². The smallest absolute Gasteiger partial charge is 0.370 e. The van der Waals surface area contributed by atoms with Gasteiger partial charge in [-0.25, -0.2) is 16.8 Å². The normalized spacial score (nSPS) is 22.9. The second kappa shape index (κ2) is 7.47. The average Bonchev–Trinajstić information content (AvgIpc) is 3.04. The standard InChI is InChI=1S/C18H17ClF3NO5S2/c1-17(30(26,27)12-5-3-4-11(6-12)18(20,21)22)8-15(28-10-17)16-14(19)7-13(9-23-16)29(2,24)25/h3-7,9,15H,8,10H2,1-2H3. The largest absolute Gasteiger partial charge is 0.416 e. The fourth-order valence-electron chi connectivity index (χ4n) is 3.14. The Bertz CT molecular complexity index is 1200. The minimum Gasteiger partial charge on any atom is -0.370 e. The van der Waals surface area contributed by atoms with Crippen molar-refractivity contribution in [1.82, 2.24) is 4.98 Å². The van der Waals surface area contributed by atoms with Crippen LogP contribution < -0.4 is 0 Å². The maximum Gasteiger partial charge on any atom is 0.416 e. The molecule has 1 saturated heterocycles. The molecule has 2 atom stereocenters. The van der Waals surface area contributed by atoms with Gasteiger partial charge in [-0.3, -0.25) is 4.98 Å². The van der Waals surface area contributed by atoms with Crippen molar-refractivity contribution in [3.8, 4) is 0 Å². The Morgan fingerprint density at radius 3 is 2.40 bits per heavy atom. The van der Waals surface area contributed by atoms with E-state index < -0.39 is 47.2 Å². The third-order valence-electron chi connectivity index (χ3n) is 4.91. The molecule has 0 radical (unpaired) electrons. The van der Waals surface area contributed by atoms with Crippen molar-refractivity contribution >= 4 is 31.3 Å². The highest BCUT2D eigenvalue weighted by Crippen LogP contribution is 2.44. The van der Waals surface area contributed by atoms with Gasteiger partial charge in [0, 0.05) is 18.9 Å². The molecule has 2 unspecified atom stereocenters. The van der Waals surface area contributed by atoms with Crippen molar-refractivity contribution < 1.29 is 34.7 Å². The number of ether oxygens (including phenoxy) is 1. The quantitative estimate of drug-likeness (QED) is 0.656. The van der Waals surface area contributed by atoms with Gasteiger partial charge in [0.15, 0.2) is 19.7 Å². The van der Waals surface area contributed by atoms with Gasteiger partial charge >= 0.3 is 6.18 Å². The van der Waals surface area contributed by atoms with Crippen LogP contribution in [0.3, 0.4) is 0 Å². The van der Waals surface area contributed by atoms with Crippen LogP contribution in [0.2, 0.25) is 5.02 Å². The molecular weight excluding hydrogens is 467 g/mol. The molecule has 12 heteroatoms. The molecule has 164 valence electrons. The summed E-state index contributed by atoms with van der Waals surface area (Å²) in [5.74, 6) is 0. The van der Waals surface area contributed by atoms with E-state index in [1.807, 2.05) is 0 Å². The number of hydrogen-bond acceptors (Lipinski definition) is 6. The van der Waals surface area contributed by atoms with Crippen molar-refractivity contribution in [2.75, 3.05) is 12.9 Å². The summed E-state index contributed by atoms with van der Waals surface area (Å²) in [6.45, 7) is 1.09. The van der Waals surface area contributed by atoms with E-state index in [-0.39, 0.29) is 28.6 Å². The van der Waals surface area contributed by atoms with Gasteiger partial charge in [0.25, 0.3) is 0 Å². The second-order valence-electron chi connectivity index (χ2n) is 7.29. The van der Waals surface area contributed by atoms with Crippen LogP contribution in [0.15, 0.2) is 46.3 Å². The van der Waals surface area contributed by atoms with E-state index in [0.717, 1.165) is 30.7 Å². The maximum atomic E-state index is 13.1. The minimum atomic E-state index is -4.68. The highest BCUT2D eigenvalue weighted by atomic mass is 35.5. The number of hydrogen-bond donors (Lipinski definition) is 0. The Hall–Kier alpha value is -1.69. The van der Waals surface area contributed by atoms with E-state index in [1.165, 1.54) is 13.0 Å². The van der Waals surface area contributed by atoms with E-state index in [2.05, 4.69) is 4.98 Å². The van der Waals surface area contributed by atoms with Crippen molar-refractivity contribution in [2.24, 2.45) is 0 Å². The molecule has 0 bridgehead atoms. The van der Waals surface area contributed by atoms with Gasteiger partial charge < -0.3 is 4.74 Å². The van der Waals surface area contributed by atoms with Crippen LogP contribution in [-0.2, 0) is 30.6 Å². The van der Waals surface area contributed by atoms with E-state index in [1.54, 1.807) is 0 Å². The number of pyridine rings is 1. The zero-order chi connectivity index (χ0) is 22.5. The Morgan fingerprint density at radius 2 is 1.83 bits per heavy atom. The van der Waals surface area contributed by atoms with Gasteiger partial charge in [0.2, 0.25) is 0 Å². The van der Waals surface area contributed by atoms with E-state index in [4.69, 9.17) is 16.3 Å². The van der Waals surface area contributed by atoms with Crippen LogP contribution in [0.4, 0.5) is 13.2 Å². The van der Waals surface area contributed by atoms with Crippen molar-refractivity contribution in [3.05, 3.63) is 52.8 Å². The van der Waals surface area contributed by atoms with E-state index in [9.17, 15) is 30.0 Å². The zero-order valence-corrected chi connectivity index (χ0v) is 18.2. The number of alkyl halides is 3. The molecule has 0 N–H and O–H groups in total. The molecule has 0 amide bonds. The molecule has 1 aliphatic heterocycles. The lowest BCUT2D eigenvalue weighted by Gasteiger charge is -2.23. The summed E-state index contributed by atoms with van der Waals surface area (Å²) in [7, 11) is -7.74. The molecular formula is C18H17ClF3NO5S2. The predicted octanol–water partition coefficient (Wildman–Crippen LogP) is 3.85. The summed E-state index contributed by atoms with van der Waals surface area (Å²) in [5.41, 5.74) is -0.907. The summed E-state index contributed by atoms with van der Waals surface area (Å²) < 4.78 is 92.4. The van der Waals surface area contributed by atoms with Gasteiger partial charge in [-0.05, 0) is 31.2 Å². The summed E-state index contributed by atoms with van der Waals surface area (Å²) in [5, 5.41) is -0.0105. The van der Waals surface area contributed by atoms with Crippen molar-refractivity contribution in [2.45, 2.75) is 40.2 Å². The Kier molecular flexibility index (Phi) is 5.72.